The Bertz CT molecular complexity index is 1240. The van der Waals surface area contributed by atoms with E-state index in [9.17, 15) is 4.79 Å². The average Bonchev–Trinajstić information content (AvgIpc) is 3.23. The Balaban J connectivity index is 1.31. The zero-order valence-corrected chi connectivity index (χ0v) is 19.1. The van der Waals surface area contributed by atoms with Crippen LogP contribution in [0.4, 0.5) is 0 Å². The smallest absolute Gasteiger partial charge is 0.286 e. The van der Waals surface area contributed by atoms with Gasteiger partial charge in [-0.1, -0.05) is 48.5 Å². The van der Waals surface area contributed by atoms with Crippen molar-refractivity contribution < 1.29 is 19.0 Å². The number of rotatable bonds is 5. The number of ether oxygens (including phenoxy) is 3. The minimum atomic E-state index is -0.211. The average molecular weight is 461 g/mol. The molecule has 0 aliphatic carbocycles. The molecule has 0 N–H and O–H groups in total. The number of carbonyl (C=O) groups excluding carboxylic acids is 1. The fourth-order valence-electron chi connectivity index (χ4n) is 3.91. The van der Waals surface area contributed by atoms with Crippen molar-refractivity contribution in [2.45, 2.75) is 6.61 Å². The maximum absolute atomic E-state index is 12.4. The van der Waals surface area contributed by atoms with Gasteiger partial charge in [-0.3, -0.25) is 4.79 Å². The van der Waals surface area contributed by atoms with Crippen LogP contribution in [0.25, 0.3) is 16.8 Å². The van der Waals surface area contributed by atoms with Crippen LogP contribution >= 0.6 is 11.8 Å². The molecule has 1 fully saturated rings. The third kappa shape index (κ3) is 4.74. The molecule has 0 bridgehead atoms. The van der Waals surface area contributed by atoms with Gasteiger partial charge in [0.1, 0.15) is 6.61 Å². The zero-order valence-electron chi connectivity index (χ0n) is 18.3. The third-order valence-electron chi connectivity index (χ3n) is 5.64. The number of aliphatic imine (C=N–C) groups is 1. The fourth-order valence-corrected chi connectivity index (χ4v) is 4.87. The molecule has 5 rings (SSSR count). The summed E-state index contributed by atoms with van der Waals surface area (Å²) in [6, 6.07) is 20.2. The first-order valence-electron chi connectivity index (χ1n) is 10.8. The van der Waals surface area contributed by atoms with Crippen molar-refractivity contribution in [2.75, 3.05) is 33.4 Å². The highest BCUT2D eigenvalue weighted by Gasteiger charge is 2.27. The van der Waals surface area contributed by atoms with Crippen LogP contribution in [0.15, 0.2) is 70.6 Å². The molecule has 3 aromatic rings. The lowest BCUT2D eigenvalue weighted by Gasteiger charge is -2.27. The summed E-state index contributed by atoms with van der Waals surface area (Å²) in [4.78, 5) is 19.3. The first-order valence-corrected chi connectivity index (χ1v) is 11.7. The number of benzene rings is 3. The van der Waals surface area contributed by atoms with Crippen molar-refractivity contribution in [1.29, 1.82) is 0 Å². The largest absolute Gasteiger partial charge is 0.493 e. The van der Waals surface area contributed by atoms with Crippen LogP contribution in [0.2, 0.25) is 0 Å². The first kappa shape index (κ1) is 21.6. The van der Waals surface area contributed by atoms with Crippen LogP contribution in [0.1, 0.15) is 11.1 Å². The molecule has 0 spiro atoms. The van der Waals surface area contributed by atoms with Gasteiger partial charge in [0.25, 0.3) is 5.91 Å². The molecule has 2 aliphatic heterocycles. The second-order valence-corrected chi connectivity index (χ2v) is 8.76. The Morgan fingerprint density at radius 1 is 1.06 bits per heavy atom. The van der Waals surface area contributed by atoms with Crippen LogP contribution in [0, 0.1) is 0 Å². The Morgan fingerprint density at radius 2 is 1.88 bits per heavy atom. The van der Waals surface area contributed by atoms with Gasteiger partial charge in [-0.15, -0.1) is 0 Å². The van der Waals surface area contributed by atoms with Gasteiger partial charge in [0.2, 0.25) is 0 Å². The molecular weight excluding hydrogens is 436 g/mol. The van der Waals surface area contributed by atoms with Crippen LogP contribution in [-0.2, 0) is 16.1 Å². The normalized spacial score (nSPS) is 17.5. The van der Waals surface area contributed by atoms with E-state index < -0.39 is 0 Å². The van der Waals surface area contributed by atoms with Gasteiger partial charge in [-0.25, -0.2) is 0 Å². The minimum Gasteiger partial charge on any atom is -0.493 e. The van der Waals surface area contributed by atoms with E-state index in [1.165, 1.54) is 22.5 Å². The van der Waals surface area contributed by atoms with Crippen molar-refractivity contribution in [2.24, 2.45) is 4.99 Å². The van der Waals surface area contributed by atoms with E-state index in [4.69, 9.17) is 14.2 Å². The highest BCUT2D eigenvalue weighted by molar-refractivity contribution is 8.18. The Kier molecular flexibility index (Phi) is 6.32. The van der Waals surface area contributed by atoms with Crippen LogP contribution in [-0.4, -0.2) is 49.4 Å². The molecule has 1 saturated heterocycles. The molecule has 2 heterocycles. The first-order chi connectivity index (χ1) is 16.2. The molecule has 0 atom stereocenters. The lowest BCUT2D eigenvalue weighted by molar-refractivity contribution is -0.113. The van der Waals surface area contributed by atoms with Gasteiger partial charge >= 0.3 is 0 Å². The number of nitrogens with zero attached hydrogens (tertiary/aromatic N) is 2. The predicted octanol–water partition coefficient (Wildman–Crippen LogP) is 4.73. The fraction of sp³-hybridized carbons (Fsp3) is 0.231. The lowest BCUT2D eigenvalue weighted by Crippen LogP contribution is -2.38. The monoisotopic (exact) mass is 460 g/mol. The number of morpholine rings is 1. The number of fused-ring (bicyclic) bond motifs is 1. The van der Waals surface area contributed by atoms with Crippen LogP contribution in [0.3, 0.4) is 0 Å². The molecule has 0 radical (unpaired) electrons. The van der Waals surface area contributed by atoms with Crippen molar-refractivity contribution >= 4 is 39.7 Å². The van der Waals surface area contributed by atoms with Crippen molar-refractivity contribution in [3.05, 3.63) is 76.7 Å². The summed E-state index contributed by atoms with van der Waals surface area (Å²) in [5.74, 6) is 1.06. The maximum Gasteiger partial charge on any atom is 0.286 e. The van der Waals surface area contributed by atoms with Crippen molar-refractivity contribution in [1.82, 2.24) is 4.90 Å². The maximum atomic E-state index is 12.4. The molecule has 0 saturated carbocycles. The van der Waals surface area contributed by atoms with Gasteiger partial charge in [0.05, 0.1) is 25.2 Å². The topological polar surface area (TPSA) is 60.4 Å². The van der Waals surface area contributed by atoms with Crippen LogP contribution in [0.5, 0.6) is 11.5 Å². The van der Waals surface area contributed by atoms with Crippen molar-refractivity contribution in [3.63, 3.8) is 0 Å². The van der Waals surface area contributed by atoms with Gasteiger partial charge in [-0.2, -0.15) is 4.99 Å². The molecule has 168 valence electrons. The number of hydrogen-bond acceptors (Lipinski definition) is 6. The number of thioether (sulfide) groups is 1. The molecule has 0 unspecified atom stereocenters. The molecule has 7 heteroatoms. The van der Waals surface area contributed by atoms with Gasteiger partial charge < -0.3 is 19.1 Å². The molecule has 33 heavy (non-hydrogen) atoms. The Hall–Kier alpha value is -3.29. The minimum absolute atomic E-state index is 0.211. The highest BCUT2D eigenvalue weighted by atomic mass is 32.2. The van der Waals surface area contributed by atoms with E-state index in [0.717, 1.165) is 29.4 Å². The summed E-state index contributed by atoms with van der Waals surface area (Å²) in [6.45, 7) is 3.25. The van der Waals surface area contributed by atoms with E-state index in [2.05, 4.69) is 34.2 Å². The number of amidine groups is 1. The summed E-state index contributed by atoms with van der Waals surface area (Å²) in [7, 11) is 1.62. The number of hydrogen-bond donors (Lipinski definition) is 0. The molecular formula is C26H24N2O4S. The molecule has 3 aromatic carbocycles. The van der Waals surface area contributed by atoms with E-state index in [-0.39, 0.29) is 5.91 Å². The Labute approximate surface area is 196 Å². The predicted molar refractivity (Wildman–Crippen MR) is 132 cm³/mol. The van der Waals surface area contributed by atoms with E-state index in [1.807, 2.05) is 42.5 Å². The molecule has 0 aromatic heterocycles. The summed E-state index contributed by atoms with van der Waals surface area (Å²) in [5.41, 5.74) is 1.97. The third-order valence-corrected chi connectivity index (χ3v) is 6.68. The molecule has 1 amide bonds. The number of carbonyl (C=O) groups is 1. The highest BCUT2D eigenvalue weighted by Crippen LogP contribution is 2.34. The lowest BCUT2D eigenvalue weighted by atomic mass is 10.1. The second-order valence-electron chi connectivity index (χ2n) is 7.75. The summed E-state index contributed by atoms with van der Waals surface area (Å²) < 4.78 is 17.1. The second kappa shape index (κ2) is 9.68. The molecule has 6 nitrogen and oxygen atoms in total. The standard InChI is InChI=1S/C26H24N2O4S/c1-30-23-15-18(16-24-25(29)27-26(33-24)28-11-13-31-14-12-28)9-10-22(23)32-17-20-7-4-6-19-5-2-3-8-21(19)20/h2-10,15-16H,11-14,17H2,1H3/b24-16-. The van der Waals surface area contributed by atoms with Gasteiger partial charge in [0.15, 0.2) is 16.7 Å². The SMILES string of the molecule is COc1cc(/C=C2\SC(N3CCOCC3)=NC2=O)ccc1OCc1cccc2ccccc12. The molecule has 2 aliphatic rings. The van der Waals surface area contributed by atoms with E-state index in [0.29, 0.717) is 36.2 Å². The zero-order chi connectivity index (χ0) is 22.6. The number of amides is 1. The van der Waals surface area contributed by atoms with Gasteiger partial charge in [-0.05, 0) is 51.9 Å². The summed E-state index contributed by atoms with van der Waals surface area (Å²) in [5, 5.41) is 3.11. The summed E-state index contributed by atoms with van der Waals surface area (Å²) >= 11 is 1.41. The summed E-state index contributed by atoms with van der Waals surface area (Å²) in [6.07, 6.45) is 1.85. The number of methoxy groups -OCH3 is 1. The van der Waals surface area contributed by atoms with E-state index >= 15 is 0 Å². The quantitative estimate of drug-likeness (QED) is 0.513. The van der Waals surface area contributed by atoms with Gasteiger partial charge in [0, 0.05) is 13.1 Å². The van der Waals surface area contributed by atoms with Crippen molar-refractivity contribution in [3.8, 4) is 11.5 Å². The Morgan fingerprint density at radius 3 is 2.73 bits per heavy atom. The van der Waals surface area contributed by atoms with E-state index in [1.54, 1.807) is 7.11 Å². The van der Waals surface area contributed by atoms with Crippen LogP contribution < -0.4 is 9.47 Å².